The monoisotopic (exact) mass is 626 g/mol. The summed E-state index contributed by atoms with van der Waals surface area (Å²) in [7, 11) is 0. The molecule has 0 aromatic rings. The van der Waals surface area contributed by atoms with Gasteiger partial charge in [-0.2, -0.15) is 0 Å². The Kier molecular flexibility index (Phi) is 15.0. The first-order valence-corrected chi connectivity index (χ1v) is 15.2. The van der Waals surface area contributed by atoms with Crippen LogP contribution in [0.4, 0.5) is 0 Å². The fraction of sp³-hybridized carbons (Fsp3) is 0.806. The lowest BCUT2D eigenvalue weighted by molar-refractivity contribution is -0.154. The average Bonchev–Trinajstić information content (AvgIpc) is 2.79. The molecule has 44 heavy (non-hydrogen) atoms. The van der Waals surface area contributed by atoms with E-state index < -0.39 is 69.8 Å². The lowest BCUT2D eigenvalue weighted by atomic mass is 9.96. The summed E-state index contributed by atoms with van der Waals surface area (Å²) in [5.41, 5.74) is 1.20. The van der Waals surface area contributed by atoms with Crippen molar-refractivity contribution in [3.05, 3.63) is 0 Å². The van der Waals surface area contributed by atoms with E-state index in [0.717, 1.165) is 0 Å². The summed E-state index contributed by atoms with van der Waals surface area (Å²) in [5, 5.41) is 13.4. The number of carbonyl (C=O) groups is 6. The summed E-state index contributed by atoms with van der Waals surface area (Å²) in [4.78, 5) is 77.2. The fourth-order valence-electron chi connectivity index (χ4n) is 3.86. The Bertz CT molecular complexity index is 1040. The molecular formula is C31H58N6O7. The van der Waals surface area contributed by atoms with Crippen molar-refractivity contribution in [2.75, 3.05) is 6.54 Å². The van der Waals surface area contributed by atoms with E-state index in [2.05, 4.69) is 26.6 Å². The third kappa shape index (κ3) is 15.5. The van der Waals surface area contributed by atoms with Crippen LogP contribution in [0.3, 0.4) is 0 Å². The number of hydrogen-bond donors (Lipinski definition) is 6. The first kappa shape index (κ1) is 40.8. The van der Waals surface area contributed by atoms with Crippen molar-refractivity contribution in [1.29, 1.82) is 0 Å². The zero-order chi connectivity index (χ0) is 34.8. The molecule has 7 N–H and O–H groups in total. The number of carbonyl (C=O) groups excluding carboxylic acids is 6. The van der Waals surface area contributed by atoms with Crippen LogP contribution in [0.5, 0.6) is 0 Å². The number of nitrogens with one attached hydrogen (secondary N) is 5. The Balaban J connectivity index is 5.55. The summed E-state index contributed by atoms with van der Waals surface area (Å²) in [6.07, 6.45) is 0.557. The fourth-order valence-corrected chi connectivity index (χ4v) is 3.86. The molecule has 13 heteroatoms. The molecule has 0 saturated heterocycles. The van der Waals surface area contributed by atoms with E-state index >= 15 is 0 Å². The highest BCUT2D eigenvalue weighted by atomic mass is 16.6. The van der Waals surface area contributed by atoms with E-state index in [4.69, 9.17) is 10.5 Å². The summed E-state index contributed by atoms with van der Waals surface area (Å²) in [6.45, 7) is 21.9. The lowest BCUT2D eigenvalue weighted by Gasteiger charge is -2.33. The normalized spacial score (nSPS) is 13.9. The van der Waals surface area contributed by atoms with Gasteiger partial charge in [-0.25, -0.2) is 0 Å². The molecule has 0 heterocycles. The quantitative estimate of drug-likeness (QED) is 0.138. The molecule has 2 atom stereocenters. The van der Waals surface area contributed by atoms with Crippen molar-refractivity contribution in [2.24, 2.45) is 17.6 Å². The van der Waals surface area contributed by atoms with Gasteiger partial charge >= 0.3 is 5.97 Å². The van der Waals surface area contributed by atoms with Crippen molar-refractivity contribution in [3.8, 4) is 0 Å². The van der Waals surface area contributed by atoms with Crippen molar-refractivity contribution in [3.63, 3.8) is 0 Å². The molecule has 0 aliphatic rings. The van der Waals surface area contributed by atoms with E-state index in [1.54, 1.807) is 20.8 Å². The van der Waals surface area contributed by atoms with Crippen molar-refractivity contribution in [1.82, 2.24) is 26.6 Å². The smallest absolute Gasteiger partial charge is 0.308 e. The molecule has 0 aromatic heterocycles. The van der Waals surface area contributed by atoms with Gasteiger partial charge in [0.25, 0.3) is 0 Å². The first-order valence-electron chi connectivity index (χ1n) is 15.2. The summed E-state index contributed by atoms with van der Waals surface area (Å²) < 4.78 is 5.23. The van der Waals surface area contributed by atoms with Gasteiger partial charge in [-0.3, -0.25) is 28.8 Å². The molecule has 0 rings (SSSR count). The Morgan fingerprint density at radius 1 is 0.636 bits per heavy atom. The predicted molar refractivity (Wildman–Crippen MR) is 169 cm³/mol. The second kappa shape index (κ2) is 16.2. The summed E-state index contributed by atoms with van der Waals surface area (Å²) in [6, 6.07) is -1.92. The molecule has 0 saturated carbocycles. The minimum absolute atomic E-state index is 0.00686. The standard InChI is InChI=1S/C31H58N6O7/c1-18(2)16-20(35-25(41)29(8,9)32)23(39)34-21(17-19(3)4)24(40)36-31(12,13)27(43)37-30(10,11)26(42)33-15-14-22(38)44-28(5,6)7/h18-21H,14-17,32H2,1-13H3,(H,33,42)(H,34,39)(H,35,41)(H,36,40)(H,37,43)/t20-,21-/m0/s1. The number of hydrogen-bond acceptors (Lipinski definition) is 8. The summed E-state index contributed by atoms with van der Waals surface area (Å²) in [5.74, 6) is -3.20. The largest absolute Gasteiger partial charge is 0.460 e. The molecular weight excluding hydrogens is 568 g/mol. The Hall–Kier alpha value is -3.22. The number of ether oxygens (including phenoxy) is 1. The Morgan fingerprint density at radius 3 is 1.52 bits per heavy atom. The minimum atomic E-state index is -1.47. The highest BCUT2D eigenvalue weighted by Gasteiger charge is 2.39. The van der Waals surface area contributed by atoms with Gasteiger partial charge in [-0.05, 0) is 87.0 Å². The van der Waals surface area contributed by atoms with Crippen molar-refractivity contribution >= 4 is 35.5 Å². The van der Waals surface area contributed by atoms with Gasteiger partial charge in [-0.1, -0.05) is 27.7 Å². The molecule has 0 aromatic carbocycles. The van der Waals surface area contributed by atoms with E-state index in [0.29, 0.717) is 6.42 Å². The predicted octanol–water partition coefficient (Wildman–Crippen LogP) is 1.42. The molecule has 0 fully saturated rings. The second-order valence-corrected chi connectivity index (χ2v) is 14.9. The SMILES string of the molecule is CC(C)C[C@H](NC(=O)[C@H](CC(C)C)NC(=O)C(C)(C)N)C(=O)NC(C)(C)C(=O)NC(C)(C)C(=O)NCCC(=O)OC(C)(C)C. The molecule has 0 aliphatic heterocycles. The van der Waals surface area contributed by atoms with Crippen LogP contribution in [-0.4, -0.2) is 76.4 Å². The Morgan fingerprint density at radius 2 is 1.09 bits per heavy atom. The van der Waals surface area contributed by atoms with Gasteiger partial charge in [0.05, 0.1) is 12.0 Å². The average molecular weight is 627 g/mol. The van der Waals surface area contributed by atoms with Gasteiger partial charge in [0.2, 0.25) is 29.5 Å². The first-order chi connectivity index (χ1) is 19.7. The van der Waals surface area contributed by atoms with Crippen LogP contribution in [-0.2, 0) is 33.5 Å². The van der Waals surface area contributed by atoms with Crippen LogP contribution in [0.15, 0.2) is 0 Å². The zero-order valence-corrected chi connectivity index (χ0v) is 29.1. The van der Waals surface area contributed by atoms with Gasteiger partial charge in [0.15, 0.2) is 0 Å². The van der Waals surface area contributed by atoms with Crippen molar-refractivity contribution < 1.29 is 33.5 Å². The van der Waals surface area contributed by atoms with Crippen LogP contribution < -0.4 is 32.3 Å². The molecule has 0 unspecified atom stereocenters. The maximum Gasteiger partial charge on any atom is 0.308 e. The third-order valence-electron chi connectivity index (χ3n) is 6.29. The van der Waals surface area contributed by atoms with Crippen LogP contribution in [0.25, 0.3) is 0 Å². The maximum atomic E-state index is 13.4. The molecule has 254 valence electrons. The number of esters is 1. The van der Waals surface area contributed by atoms with Crippen LogP contribution in [0.2, 0.25) is 0 Å². The van der Waals surface area contributed by atoms with Crippen molar-refractivity contribution in [2.45, 2.75) is 144 Å². The van der Waals surface area contributed by atoms with Gasteiger partial charge in [0, 0.05) is 6.54 Å². The van der Waals surface area contributed by atoms with Crippen LogP contribution in [0, 0.1) is 11.8 Å². The van der Waals surface area contributed by atoms with Gasteiger partial charge in [0.1, 0.15) is 28.8 Å². The molecule has 0 radical (unpaired) electrons. The van der Waals surface area contributed by atoms with Gasteiger partial charge < -0.3 is 37.1 Å². The molecule has 13 nitrogen and oxygen atoms in total. The zero-order valence-electron chi connectivity index (χ0n) is 29.1. The number of rotatable bonds is 16. The van der Waals surface area contributed by atoms with E-state index in [1.807, 2.05) is 27.7 Å². The second-order valence-electron chi connectivity index (χ2n) is 14.9. The Labute approximate surface area is 263 Å². The molecule has 0 spiro atoms. The lowest BCUT2D eigenvalue weighted by Crippen LogP contribution is -2.65. The van der Waals surface area contributed by atoms with Gasteiger partial charge in [-0.15, -0.1) is 0 Å². The molecule has 0 aliphatic carbocycles. The summed E-state index contributed by atoms with van der Waals surface area (Å²) >= 11 is 0. The van der Waals surface area contributed by atoms with E-state index in [-0.39, 0.29) is 31.2 Å². The highest BCUT2D eigenvalue weighted by molar-refractivity contribution is 5.98. The molecule has 5 amide bonds. The van der Waals surface area contributed by atoms with Crippen LogP contribution >= 0.6 is 0 Å². The number of nitrogens with two attached hydrogens (primary N) is 1. The minimum Gasteiger partial charge on any atom is -0.460 e. The van der Waals surface area contributed by atoms with E-state index in [9.17, 15) is 28.8 Å². The molecule has 0 bridgehead atoms. The maximum absolute atomic E-state index is 13.4. The van der Waals surface area contributed by atoms with Crippen LogP contribution in [0.1, 0.15) is 109 Å². The highest BCUT2D eigenvalue weighted by Crippen LogP contribution is 2.14. The van der Waals surface area contributed by atoms with E-state index in [1.165, 1.54) is 41.5 Å². The topological polar surface area (TPSA) is 198 Å². The number of amides is 5. The third-order valence-corrected chi connectivity index (χ3v) is 6.29.